The van der Waals surface area contributed by atoms with Crippen LogP contribution in [-0.4, -0.2) is 46.0 Å². The number of piperidine rings is 1. The van der Waals surface area contributed by atoms with Gasteiger partial charge in [-0.3, -0.25) is 4.79 Å². The molecule has 1 aromatic heterocycles. The van der Waals surface area contributed by atoms with E-state index in [1.165, 1.54) is 51.6 Å². The number of likely N-dealkylation sites (tertiary alicyclic amines) is 1. The molecule has 1 amide bonds. The second-order valence-corrected chi connectivity index (χ2v) is 8.17. The van der Waals surface area contributed by atoms with Gasteiger partial charge in [-0.2, -0.15) is 0 Å². The number of hydrogen-bond acceptors (Lipinski definition) is 3. The average Bonchev–Trinajstić information content (AvgIpc) is 3.03. The SMILES string of the molecule is O=C(NC[C@H]1CCCN(C2CCCC2)C1)C1(Cn2ccnc2)CC1. The van der Waals surface area contributed by atoms with Crippen LogP contribution in [0.1, 0.15) is 51.4 Å². The topological polar surface area (TPSA) is 50.2 Å². The molecule has 132 valence electrons. The van der Waals surface area contributed by atoms with Crippen LogP contribution in [0.25, 0.3) is 0 Å². The number of imidazole rings is 1. The molecule has 24 heavy (non-hydrogen) atoms. The smallest absolute Gasteiger partial charge is 0.228 e. The summed E-state index contributed by atoms with van der Waals surface area (Å²) in [5.74, 6) is 0.890. The lowest BCUT2D eigenvalue weighted by atomic mass is 9.95. The highest BCUT2D eigenvalue weighted by Crippen LogP contribution is 2.47. The van der Waals surface area contributed by atoms with Crippen molar-refractivity contribution in [3.63, 3.8) is 0 Å². The van der Waals surface area contributed by atoms with Gasteiger partial charge in [0, 0.05) is 38.1 Å². The predicted octanol–water partition coefficient (Wildman–Crippen LogP) is 2.43. The number of carbonyl (C=O) groups excluding carboxylic acids is 1. The van der Waals surface area contributed by atoms with Gasteiger partial charge in [0.1, 0.15) is 0 Å². The molecule has 0 spiro atoms. The highest BCUT2D eigenvalue weighted by molar-refractivity contribution is 5.85. The summed E-state index contributed by atoms with van der Waals surface area (Å²) in [5, 5.41) is 3.28. The fourth-order valence-corrected chi connectivity index (χ4v) is 4.63. The zero-order valence-electron chi connectivity index (χ0n) is 14.6. The molecule has 1 atom stereocenters. The number of amides is 1. The summed E-state index contributed by atoms with van der Waals surface area (Å²) < 4.78 is 2.04. The van der Waals surface area contributed by atoms with Gasteiger partial charge in [0.2, 0.25) is 5.91 Å². The molecule has 0 aromatic carbocycles. The fourth-order valence-electron chi connectivity index (χ4n) is 4.63. The van der Waals surface area contributed by atoms with E-state index < -0.39 is 0 Å². The van der Waals surface area contributed by atoms with Gasteiger partial charge in [-0.15, -0.1) is 0 Å². The average molecular weight is 330 g/mol. The van der Waals surface area contributed by atoms with Gasteiger partial charge < -0.3 is 14.8 Å². The standard InChI is InChI=1S/C19H30N4O/c24-18(19(7-8-19)14-22-11-9-20-15-22)21-12-16-4-3-10-23(13-16)17-5-1-2-6-17/h9,11,15-17H,1-8,10,12-14H2,(H,21,24)/t16-/m1/s1. The summed E-state index contributed by atoms with van der Waals surface area (Å²) in [6, 6.07) is 0.819. The number of carbonyl (C=O) groups is 1. The van der Waals surface area contributed by atoms with Crippen LogP contribution in [0, 0.1) is 11.3 Å². The van der Waals surface area contributed by atoms with E-state index in [1.54, 1.807) is 6.20 Å². The summed E-state index contributed by atoms with van der Waals surface area (Å²) in [5.41, 5.74) is -0.166. The monoisotopic (exact) mass is 330 g/mol. The van der Waals surface area contributed by atoms with E-state index in [4.69, 9.17) is 0 Å². The Bertz CT molecular complexity index is 546. The van der Waals surface area contributed by atoms with E-state index >= 15 is 0 Å². The van der Waals surface area contributed by atoms with Crippen molar-refractivity contribution in [2.24, 2.45) is 11.3 Å². The molecule has 2 aliphatic carbocycles. The fraction of sp³-hybridized carbons (Fsp3) is 0.789. The van der Waals surface area contributed by atoms with Crippen LogP contribution in [0.2, 0.25) is 0 Å². The molecule has 2 heterocycles. The van der Waals surface area contributed by atoms with Crippen LogP contribution >= 0.6 is 0 Å². The Balaban J connectivity index is 1.26. The Morgan fingerprint density at radius 1 is 1.21 bits per heavy atom. The summed E-state index contributed by atoms with van der Waals surface area (Å²) in [6.07, 6.45) is 15.7. The van der Waals surface area contributed by atoms with Gasteiger partial charge in [-0.05, 0) is 51.0 Å². The number of nitrogens with one attached hydrogen (secondary N) is 1. The molecule has 1 N–H and O–H groups in total. The first-order chi connectivity index (χ1) is 11.8. The van der Waals surface area contributed by atoms with Crippen molar-refractivity contribution in [2.45, 2.75) is 64.0 Å². The van der Waals surface area contributed by atoms with E-state index in [2.05, 4.69) is 15.2 Å². The van der Waals surface area contributed by atoms with E-state index in [-0.39, 0.29) is 11.3 Å². The molecule has 0 unspecified atom stereocenters. The van der Waals surface area contributed by atoms with Crippen LogP contribution in [0.3, 0.4) is 0 Å². The lowest BCUT2D eigenvalue weighted by molar-refractivity contribution is -0.127. The molecule has 1 aliphatic heterocycles. The summed E-state index contributed by atoms with van der Waals surface area (Å²) in [7, 11) is 0. The Hall–Kier alpha value is -1.36. The molecule has 1 saturated heterocycles. The third-order valence-electron chi connectivity index (χ3n) is 6.32. The van der Waals surface area contributed by atoms with E-state index in [9.17, 15) is 4.79 Å². The number of rotatable bonds is 6. The third kappa shape index (κ3) is 3.51. The van der Waals surface area contributed by atoms with Gasteiger partial charge >= 0.3 is 0 Å². The number of hydrogen-bond donors (Lipinski definition) is 1. The highest BCUT2D eigenvalue weighted by Gasteiger charge is 2.50. The van der Waals surface area contributed by atoms with Crippen molar-refractivity contribution < 1.29 is 4.79 Å². The van der Waals surface area contributed by atoms with Crippen LogP contribution in [0.15, 0.2) is 18.7 Å². The van der Waals surface area contributed by atoms with Gasteiger partial charge in [-0.25, -0.2) is 4.98 Å². The number of nitrogens with zero attached hydrogens (tertiary/aromatic N) is 3. The predicted molar refractivity (Wildman–Crippen MR) is 93.5 cm³/mol. The van der Waals surface area contributed by atoms with Crippen molar-refractivity contribution in [2.75, 3.05) is 19.6 Å². The molecule has 0 radical (unpaired) electrons. The molecule has 1 aromatic rings. The van der Waals surface area contributed by atoms with Gasteiger partial charge in [0.05, 0.1) is 11.7 Å². The zero-order valence-corrected chi connectivity index (χ0v) is 14.6. The van der Waals surface area contributed by atoms with E-state index in [0.717, 1.165) is 32.0 Å². The maximum absolute atomic E-state index is 12.7. The minimum absolute atomic E-state index is 0.166. The van der Waals surface area contributed by atoms with Crippen LogP contribution in [0.5, 0.6) is 0 Å². The minimum atomic E-state index is -0.166. The van der Waals surface area contributed by atoms with Gasteiger partial charge in [-0.1, -0.05) is 12.8 Å². The molecule has 3 fully saturated rings. The second-order valence-electron chi connectivity index (χ2n) is 8.17. The van der Waals surface area contributed by atoms with Crippen molar-refractivity contribution in [3.05, 3.63) is 18.7 Å². The molecule has 5 nitrogen and oxygen atoms in total. The second kappa shape index (κ2) is 6.87. The van der Waals surface area contributed by atoms with Crippen LogP contribution in [0.4, 0.5) is 0 Å². The maximum atomic E-state index is 12.7. The Labute approximate surface area is 144 Å². The molecule has 3 aliphatic rings. The van der Waals surface area contributed by atoms with E-state index in [0.29, 0.717) is 5.92 Å². The van der Waals surface area contributed by atoms with Crippen LogP contribution in [-0.2, 0) is 11.3 Å². The lowest BCUT2D eigenvalue weighted by Gasteiger charge is -2.37. The summed E-state index contributed by atoms with van der Waals surface area (Å²) in [4.78, 5) is 19.5. The minimum Gasteiger partial charge on any atom is -0.355 e. The Kier molecular flexibility index (Phi) is 4.61. The van der Waals surface area contributed by atoms with Crippen molar-refractivity contribution >= 4 is 5.91 Å². The Morgan fingerprint density at radius 3 is 2.75 bits per heavy atom. The van der Waals surface area contributed by atoms with Gasteiger partial charge in [0.15, 0.2) is 0 Å². The molecule has 5 heteroatoms. The normalized spacial score (nSPS) is 27.2. The quantitative estimate of drug-likeness (QED) is 0.871. The zero-order chi connectivity index (χ0) is 16.4. The van der Waals surface area contributed by atoms with Crippen LogP contribution < -0.4 is 5.32 Å². The largest absolute Gasteiger partial charge is 0.355 e. The number of aromatic nitrogens is 2. The first-order valence-electron chi connectivity index (χ1n) is 9.73. The molecule has 4 rings (SSSR count). The summed E-state index contributed by atoms with van der Waals surface area (Å²) >= 11 is 0. The van der Waals surface area contributed by atoms with Gasteiger partial charge in [0.25, 0.3) is 0 Å². The van der Waals surface area contributed by atoms with Crippen molar-refractivity contribution in [3.8, 4) is 0 Å². The van der Waals surface area contributed by atoms with Crippen molar-refractivity contribution in [1.29, 1.82) is 0 Å². The summed E-state index contributed by atoms with van der Waals surface area (Å²) in [6.45, 7) is 4.07. The molecule has 2 saturated carbocycles. The maximum Gasteiger partial charge on any atom is 0.228 e. The van der Waals surface area contributed by atoms with E-state index in [1.807, 2.05) is 17.1 Å². The first kappa shape index (κ1) is 16.1. The molecular formula is C19H30N4O. The van der Waals surface area contributed by atoms with Crippen molar-refractivity contribution in [1.82, 2.24) is 19.8 Å². The lowest BCUT2D eigenvalue weighted by Crippen LogP contribution is -2.46. The first-order valence-corrected chi connectivity index (χ1v) is 9.73. The third-order valence-corrected chi connectivity index (χ3v) is 6.32. The Morgan fingerprint density at radius 2 is 2.04 bits per heavy atom. The molecular weight excluding hydrogens is 300 g/mol. The molecule has 0 bridgehead atoms. The highest BCUT2D eigenvalue weighted by atomic mass is 16.2.